The fourth-order valence-corrected chi connectivity index (χ4v) is 2.24. The van der Waals surface area contributed by atoms with Crippen LogP contribution in [0.2, 0.25) is 10.0 Å². The van der Waals surface area contributed by atoms with Crippen molar-refractivity contribution in [3.8, 4) is 0 Å². The predicted molar refractivity (Wildman–Crippen MR) is 67.1 cm³/mol. The number of benzene rings is 1. The second-order valence-electron chi connectivity index (χ2n) is 4.14. The molecule has 1 saturated carbocycles. The van der Waals surface area contributed by atoms with Crippen molar-refractivity contribution in [3.63, 3.8) is 0 Å². The van der Waals surface area contributed by atoms with Crippen molar-refractivity contribution in [3.05, 3.63) is 33.8 Å². The Morgan fingerprint density at radius 2 is 2.12 bits per heavy atom. The highest BCUT2D eigenvalue weighted by atomic mass is 35.5. The fourth-order valence-electron chi connectivity index (χ4n) is 1.86. The Morgan fingerprint density at radius 3 is 2.81 bits per heavy atom. The van der Waals surface area contributed by atoms with Gasteiger partial charge in [0, 0.05) is 29.7 Å². The third kappa shape index (κ3) is 2.89. The molecule has 0 spiro atoms. The fraction of sp³-hybridized carbons (Fsp3) is 0.500. The first kappa shape index (κ1) is 12.2. The van der Waals surface area contributed by atoms with Crippen molar-refractivity contribution in [1.29, 1.82) is 0 Å². The minimum Gasteiger partial charge on any atom is -0.381 e. The lowest BCUT2D eigenvalue weighted by molar-refractivity contribution is 0.0170. The molecule has 1 aromatic rings. The summed E-state index contributed by atoms with van der Waals surface area (Å²) in [4.78, 5) is 0. The van der Waals surface area contributed by atoms with Gasteiger partial charge >= 0.3 is 0 Å². The smallest absolute Gasteiger partial charge is 0.0601 e. The maximum Gasteiger partial charge on any atom is 0.0601 e. The second-order valence-corrected chi connectivity index (χ2v) is 4.99. The van der Waals surface area contributed by atoms with Crippen molar-refractivity contribution in [2.45, 2.75) is 31.5 Å². The van der Waals surface area contributed by atoms with Gasteiger partial charge in [-0.3, -0.25) is 0 Å². The van der Waals surface area contributed by atoms with Gasteiger partial charge in [-0.25, -0.2) is 0 Å². The molecule has 1 aliphatic rings. The maximum absolute atomic E-state index is 6.07. The van der Waals surface area contributed by atoms with Crippen LogP contribution in [-0.2, 0) is 11.3 Å². The molecule has 0 saturated heterocycles. The number of hydrogen-bond donors (Lipinski definition) is 1. The molecule has 2 nitrogen and oxygen atoms in total. The van der Waals surface area contributed by atoms with Crippen LogP contribution < -0.4 is 5.32 Å². The van der Waals surface area contributed by atoms with Crippen LogP contribution in [0.3, 0.4) is 0 Å². The molecule has 1 N–H and O–H groups in total. The highest BCUT2D eigenvalue weighted by Gasteiger charge is 2.28. The minimum absolute atomic E-state index is 0.423. The Balaban J connectivity index is 1.83. The molecule has 1 aliphatic carbocycles. The summed E-state index contributed by atoms with van der Waals surface area (Å²) in [6, 6.07) is 6.08. The van der Waals surface area contributed by atoms with Crippen LogP contribution in [-0.4, -0.2) is 19.3 Å². The van der Waals surface area contributed by atoms with E-state index in [9.17, 15) is 0 Å². The lowest BCUT2D eigenvalue weighted by Gasteiger charge is -2.34. The van der Waals surface area contributed by atoms with Gasteiger partial charge in [-0.05, 0) is 36.6 Å². The molecular weight excluding hydrogens is 245 g/mol. The van der Waals surface area contributed by atoms with Gasteiger partial charge in [0.15, 0.2) is 0 Å². The maximum atomic E-state index is 6.07. The number of hydrogen-bond acceptors (Lipinski definition) is 2. The zero-order valence-electron chi connectivity index (χ0n) is 9.17. The van der Waals surface area contributed by atoms with E-state index < -0.39 is 0 Å². The summed E-state index contributed by atoms with van der Waals surface area (Å²) in [5, 5.41) is 4.93. The SMILES string of the molecule is COC1CC(NCc2cc(Cl)ccc2Cl)C1. The van der Waals surface area contributed by atoms with Gasteiger partial charge in [0.05, 0.1) is 6.10 Å². The molecule has 0 aliphatic heterocycles. The summed E-state index contributed by atoms with van der Waals surface area (Å²) in [5.74, 6) is 0. The van der Waals surface area contributed by atoms with Crippen LogP contribution in [0.1, 0.15) is 18.4 Å². The molecule has 0 bridgehead atoms. The van der Waals surface area contributed by atoms with Gasteiger partial charge in [-0.2, -0.15) is 0 Å². The van der Waals surface area contributed by atoms with Gasteiger partial charge in [-0.1, -0.05) is 23.2 Å². The van der Waals surface area contributed by atoms with Gasteiger partial charge < -0.3 is 10.1 Å². The largest absolute Gasteiger partial charge is 0.381 e. The third-order valence-corrected chi connectivity index (χ3v) is 3.62. The Hall–Kier alpha value is -0.280. The summed E-state index contributed by atoms with van der Waals surface area (Å²) < 4.78 is 5.22. The Morgan fingerprint density at radius 1 is 1.38 bits per heavy atom. The molecule has 0 aromatic heterocycles. The standard InChI is InChI=1S/C12H15Cl2NO/c1-16-11-5-10(6-11)15-7-8-4-9(13)2-3-12(8)14/h2-4,10-11,15H,5-7H2,1H3. The van der Waals surface area contributed by atoms with E-state index in [0.29, 0.717) is 12.1 Å². The summed E-state index contributed by atoms with van der Waals surface area (Å²) >= 11 is 12.0. The van der Waals surface area contributed by atoms with Crippen LogP contribution in [0, 0.1) is 0 Å². The van der Waals surface area contributed by atoms with E-state index in [1.54, 1.807) is 13.2 Å². The van der Waals surface area contributed by atoms with Gasteiger partial charge in [-0.15, -0.1) is 0 Å². The van der Waals surface area contributed by atoms with Gasteiger partial charge in [0.25, 0.3) is 0 Å². The van der Waals surface area contributed by atoms with Crippen molar-refractivity contribution in [1.82, 2.24) is 5.32 Å². The molecule has 2 rings (SSSR count). The van der Waals surface area contributed by atoms with E-state index in [0.717, 1.165) is 35.0 Å². The second kappa shape index (κ2) is 5.37. The number of halogens is 2. The van der Waals surface area contributed by atoms with E-state index in [1.165, 1.54) is 0 Å². The molecule has 1 aromatic carbocycles. The van der Waals surface area contributed by atoms with Crippen molar-refractivity contribution in [2.24, 2.45) is 0 Å². The average molecular weight is 260 g/mol. The number of nitrogens with one attached hydrogen (secondary N) is 1. The van der Waals surface area contributed by atoms with Crippen molar-refractivity contribution >= 4 is 23.2 Å². The molecule has 88 valence electrons. The number of ether oxygens (including phenoxy) is 1. The number of methoxy groups -OCH3 is 1. The first-order valence-electron chi connectivity index (χ1n) is 5.39. The summed E-state index contributed by atoms with van der Waals surface area (Å²) in [7, 11) is 1.76. The van der Waals surface area contributed by atoms with Crippen molar-refractivity contribution < 1.29 is 4.74 Å². The highest BCUT2D eigenvalue weighted by Crippen LogP contribution is 2.24. The van der Waals surface area contributed by atoms with Gasteiger partial charge in [0.2, 0.25) is 0 Å². The molecule has 0 heterocycles. The molecular formula is C12H15Cl2NO. The Bertz CT molecular complexity index is 364. The molecule has 16 heavy (non-hydrogen) atoms. The average Bonchev–Trinajstić information content (AvgIpc) is 2.21. The topological polar surface area (TPSA) is 21.3 Å². The zero-order chi connectivity index (χ0) is 11.5. The quantitative estimate of drug-likeness (QED) is 0.897. The van der Waals surface area contributed by atoms with Crippen LogP contribution >= 0.6 is 23.2 Å². The molecule has 0 radical (unpaired) electrons. The molecule has 0 amide bonds. The van der Waals surface area contributed by atoms with Gasteiger partial charge in [0.1, 0.15) is 0 Å². The zero-order valence-corrected chi connectivity index (χ0v) is 10.7. The molecule has 0 atom stereocenters. The monoisotopic (exact) mass is 259 g/mol. The molecule has 0 unspecified atom stereocenters. The van der Waals surface area contributed by atoms with Crippen LogP contribution in [0.25, 0.3) is 0 Å². The van der Waals surface area contributed by atoms with Crippen molar-refractivity contribution in [2.75, 3.05) is 7.11 Å². The normalized spacial score (nSPS) is 24.2. The Labute approximate surface area is 106 Å². The summed E-state index contributed by atoms with van der Waals surface area (Å²) in [5.41, 5.74) is 1.05. The van der Waals surface area contributed by atoms with Crippen LogP contribution in [0.4, 0.5) is 0 Å². The first-order valence-corrected chi connectivity index (χ1v) is 6.14. The minimum atomic E-state index is 0.423. The van der Waals surface area contributed by atoms with Crippen LogP contribution in [0.15, 0.2) is 18.2 Å². The van der Waals surface area contributed by atoms with E-state index in [4.69, 9.17) is 27.9 Å². The molecule has 4 heteroatoms. The lowest BCUT2D eigenvalue weighted by Crippen LogP contribution is -2.44. The van der Waals surface area contributed by atoms with Crippen LogP contribution in [0.5, 0.6) is 0 Å². The highest BCUT2D eigenvalue weighted by molar-refractivity contribution is 6.33. The Kier molecular flexibility index (Phi) is 4.09. The van der Waals surface area contributed by atoms with E-state index in [1.807, 2.05) is 12.1 Å². The predicted octanol–water partition coefficient (Wildman–Crippen LogP) is 3.26. The summed E-state index contributed by atoms with van der Waals surface area (Å²) in [6.45, 7) is 0.764. The third-order valence-electron chi connectivity index (χ3n) is 3.02. The molecule has 1 fully saturated rings. The van der Waals surface area contributed by atoms with E-state index in [2.05, 4.69) is 5.32 Å². The van der Waals surface area contributed by atoms with E-state index in [-0.39, 0.29) is 0 Å². The first-order chi connectivity index (χ1) is 7.69. The lowest BCUT2D eigenvalue weighted by atomic mass is 9.89. The summed E-state index contributed by atoms with van der Waals surface area (Å²) in [6.07, 6.45) is 2.58. The van der Waals surface area contributed by atoms with E-state index >= 15 is 0 Å². The number of rotatable bonds is 4.